The molecule has 5 nitrogen and oxygen atoms in total. The van der Waals surface area contributed by atoms with Crippen LogP contribution in [0.1, 0.15) is 25.7 Å². The molecule has 0 spiro atoms. The van der Waals surface area contributed by atoms with Crippen molar-refractivity contribution in [2.24, 2.45) is 5.92 Å². The first-order valence-electron chi connectivity index (χ1n) is 9.79. The van der Waals surface area contributed by atoms with Crippen LogP contribution < -0.4 is 5.32 Å². The molecule has 1 aliphatic carbocycles. The molecule has 2 heterocycles. The molecule has 2 aromatic rings. The van der Waals surface area contributed by atoms with Crippen LogP contribution >= 0.6 is 11.3 Å². The van der Waals surface area contributed by atoms with E-state index >= 15 is 0 Å². The topological polar surface area (TPSA) is 52.7 Å². The number of carbonyl (C=O) groups is 2. The summed E-state index contributed by atoms with van der Waals surface area (Å²) < 4.78 is 26.9. The summed E-state index contributed by atoms with van der Waals surface area (Å²) in [6.07, 6.45) is 3.54. The monoisotopic (exact) mass is 419 g/mol. The molecule has 154 valence electrons. The fraction of sp³-hybridized carbons (Fsp3) is 0.429. The van der Waals surface area contributed by atoms with Gasteiger partial charge in [-0.2, -0.15) is 0 Å². The average Bonchev–Trinajstić information content (AvgIpc) is 3.45. The van der Waals surface area contributed by atoms with Gasteiger partial charge in [0.1, 0.15) is 11.6 Å². The summed E-state index contributed by atoms with van der Waals surface area (Å²) >= 11 is 1.27. The van der Waals surface area contributed by atoms with Crippen molar-refractivity contribution in [1.82, 2.24) is 9.80 Å². The third-order valence-corrected chi connectivity index (χ3v) is 6.60. The maximum absolute atomic E-state index is 13.4. The van der Waals surface area contributed by atoms with Gasteiger partial charge in [0.2, 0.25) is 5.91 Å². The molecule has 0 bridgehead atoms. The Hall–Kier alpha value is -2.48. The second kappa shape index (κ2) is 8.10. The Balaban J connectivity index is 1.33. The van der Waals surface area contributed by atoms with Crippen LogP contribution in [0, 0.1) is 17.6 Å². The number of anilines is 1. The van der Waals surface area contributed by atoms with Crippen LogP contribution in [-0.2, 0) is 4.79 Å². The third-order valence-electron chi connectivity index (χ3n) is 5.55. The summed E-state index contributed by atoms with van der Waals surface area (Å²) in [5, 5.41) is 3.47. The van der Waals surface area contributed by atoms with Gasteiger partial charge < -0.3 is 9.80 Å². The molecule has 0 radical (unpaired) electrons. The standard InChI is InChI=1S/C21H23F2N3O2S/c1-25(17-6-8-26(9-7-17)20(27)13-2-3-13)21(28)24-19-5-4-18(29-19)14-10-15(22)12-16(23)11-14/h4-5,10-13,17H,2-3,6-9H2,1H3,(H,24,28). The van der Waals surface area contributed by atoms with Crippen molar-refractivity contribution < 1.29 is 18.4 Å². The molecule has 8 heteroatoms. The van der Waals surface area contributed by atoms with Crippen molar-refractivity contribution in [3.63, 3.8) is 0 Å². The lowest BCUT2D eigenvalue weighted by molar-refractivity contribution is -0.133. The van der Waals surface area contributed by atoms with Crippen LogP contribution in [-0.4, -0.2) is 47.9 Å². The third kappa shape index (κ3) is 4.58. The highest BCUT2D eigenvalue weighted by molar-refractivity contribution is 7.19. The van der Waals surface area contributed by atoms with Crippen molar-refractivity contribution >= 4 is 28.3 Å². The molecule has 0 unspecified atom stereocenters. The quantitative estimate of drug-likeness (QED) is 0.790. The van der Waals surface area contributed by atoms with Gasteiger partial charge in [0.05, 0.1) is 5.00 Å². The van der Waals surface area contributed by atoms with Gasteiger partial charge in [0.15, 0.2) is 0 Å². The van der Waals surface area contributed by atoms with Crippen LogP contribution in [0.5, 0.6) is 0 Å². The van der Waals surface area contributed by atoms with E-state index in [1.165, 1.54) is 23.5 Å². The number of likely N-dealkylation sites (tertiary alicyclic amines) is 1. The van der Waals surface area contributed by atoms with E-state index in [0.29, 0.717) is 28.5 Å². The fourth-order valence-electron chi connectivity index (χ4n) is 3.68. The number of benzene rings is 1. The Kier molecular flexibility index (Phi) is 5.54. The van der Waals surface area contributed by atoms with Crippen LogP contribution in [0.3, 0.4) is 0 Å². The maximum Gasteiger partial charge on any atom is 0.322 e. The summed E-state index contributed by atoms with van der Waals surface area (Å²) in [6, 6.07) is 6.68. The zero-order valence-electron chi connectivity index (χ0n) is 16.2. The number of amides is 3. The SMILES string of the molecule is CN(C(=O)Nc1ccc(-c2cc(F)cc(F)c2)s1)C1CCN(C(=O)C2CC2)CC1. The number of thiophene rings is 1. The summed E-state index contributed by atoms with van der Waals surface area (Å²) in [5.41, 5.74) is 0.439. The number of rotatable bonds is 4. The summed E-state index contributed by atoms with van der Waals surface area (Å²) in [5.74, 6) is -0.780. The van der Waals surface area contributed by atoms with E-state index in [1.807, 2.05) is 4.90 Å². The van der Waals surface area contributed by atoms with E-state index in [-0.39, 0.29) is 23.9 Å². The number of halogens is 2. The minimum atomic E-state index is -0.634. The number of hydrogen-bond donors (Lipinski definition) is 1. The van der Waals surface area contributed by atoms with Crippen molar-refractivity contribution in [3.05, 3.63) is 42.0 Å². The predicted molar refractivity (Wildman–Crippen MR) is 109 cm³/mol. The zero-order chi connectivity index (χ0) is 20.5. The molecule has 2 fully saturated rings. The number of piperidine rings is 1. The lowest BCUT2D eigenvalue weighted by Gasteiger charge is -2.36. The lowest BCUT2D eigenvalue weighted by Crippen LogP contribution is -2.48. The maximum atomic E-state index is 13.4. The van der Waals surface area contributed by atoms with E-state index < -0.39 is 11.6 Å². The molecule has 1 aromatic heterocycles. The first-order chi connectivity index (χ1) is 13.9. The molecule has 1 saturated heterocycles. The van der Waals surface area contributed by atoms with Crippen molar-refractivity contribution in [3.8, 4) is 10.4 Å². The summed E-state index contributed by atoms with van der Waals surface area (Å²) in [4.78, 5) is 29.1. The number of carbonyl (C=O) groups excluding carboxylic acids is 2. The Bertz CT molecular complexity index is 900. The van der Waals surface area contributed by atoms with Gasteiger partial charge in [-0.3, -0.25) is 10.1 Å². The molecule has 3 amide bonds. The second-order valence-corrected chi connectivity index (χ2v) is 8.78. The molecule has 1 aliphatic heterocycles. The highest BCUT2D eigenvalue weighted by atomic mass is 32.1. The van der Waals surface area contributed by atoms with E-state index in [0.717, 1.165) is 31.7 Å². The van der Waals surface area contributed by atoms with E-state index in [4.69, 9.17) is 0 Å². The molecule has 1 aromatic carbocycles. The van der Waals surface area contributed by atoms with Gasteiger partial charge in [-0.15, -0.1) is 11.3 Å². The van der Waals surface area contributed by atoms with Crippen LogP contribution in [0.15, 0.2) is 30.3 Å². The first-order valence-corrected chi connectivity index (χ1v) is 10.6. The van der Waals surface area contributed by atoms with E-state index in [9.17, 15) is 18.4 Å². The average molecular weight is 419 g/mol. The van der Waals surface area contributed by atoms with Crippen molar-refractivity contribution in [2.45, 2.75) is 31.7 Å². The smallest absolute Gasteiger partial charge is 0.322 e. The van der Waals surface area contributed by atoms with Gasteiger partial charge in [0, 0.05) is 43.0 Å². The Morgan fingerprint density at radius 2 is 1.72 bits per heavy atom. The first kappa shape index (κ1) is 19.8. The molecule has 4 rings (SSSR count). The largest absolute Gasteiger partial charge is 0.342 e. The number of nitrogens with one attached hydrogen (secondary N) is 1. The fourth-order valence-corrected chi connectivity index (χ4v) is 4.56. The van der Waals surface area contributed by atoms with Crippen LogP contribution in [0.4, 0.5) is 18.6 Å². The Labute approximate surface area is 172 Å². The van der Waals surface area contributed by atoms with Gasteiger partial charge in [-0.1, -0.05) is 0 Å². The normalized spacial score (nSPS) is 17.3. The molecule has 29 heavy (non-hydrogen) atoms. The number of hydrogen-bond acceptors (Lipinski definition) is 3. The Morgan fingerprint density at radius 3 is 2.34 bits per heavy atom. The minimum absolute atomic E-state index is 0.0787. The molecular formula is C21H23F2N3O2S. The van der Waals surface area contributed by atoms with Gasteiger partial charge in [0.25, 0.3) is 0 Å². The van der Waals surface area contributed by atoms with E-state index in [1.54, 1.807) is 24.1 Å². The zero-order valence-corrected chi connectivity index (χ0v) is 17.0. The van der Waals surface area contributed by atoms with Gasteiger partial charge >= 0.3 is 6.03 Å². The van der Waals surface area contributed by atoms with Crippen molar-refractivity contribution in [2.75, 3.05) is 25.5 Å². The lowest BCUT2D eigenvalue weighted by atomic mass is 10.0. The molecule has 2 aliphatic rings. The minimum Gasteiger partial charge on any atom is -0.342 e. The Morgan fingerprint density at radius 1 is 1.07 bits per heavy atom. The van der Waals surface area contributed by atoms with E-state index in [2.05, 4.69) is 5.32 Å². The second-order valence-electron chi connectivity index (χ2n) is 7.69. The molecular weight excluding hydrogens is 396 g/mol. The van der Waals surface area contributed by atoms with Crippen molar-refractivity contribution in [1.29, 1.82) is 0 Å². The van der Waals surface area contributed by atoms with Gasteiger partial charge in [-0.05, 0) is 55.5 Å². The van der Waals surface area contributed by atoms with Crippen LogP contribution in [0.25, 0.3) is 10.4 Å². The summed E-state index contributed by atoms with van der Waals surface area (Å²) in [6.45, 7) is 1.37. The van der Waals surface area contributed by atoms with Crippen LogP contribution in [0.2, 0.25) is 0 Å². The number of nitrogens with zero attached hydrogens (tertiary/aromatic N) is 2. The summed E-state index contributed by atoms with van der Waals surface area (Å²) in [7, 11) is 1.76. The predicted octanol–water partition coefficient (Wildman–Crippen LogP) is 4.56. The molecule has 1 N–H and O–H groups in total. The number of urea groups is 1. The molecule has 0 atom stereocenters. The highest BCUT2D eigenvalue weighted by Crippen LogP contribution is 2.33. The molecule has 1 saturated carbocycles. The van der Waals surface area contributed by atoms with Gasteiger partial charge in [-0.25, -0.2) is 13.6 Å². The highest BCUT2D eigenvalue weighted by Gasteiger charge is 2.35.